The third-order valence-corrected chi connectivity index (χ3v) is 3.76. The van der Waals surface area contributed by atoms with E-state index < -0.39 is 0 Å². The van der Waals surface area contributed by atoms with E-state index in [1.807, 2.05) is 23.5 Å². The Morgan fingerprint density at radius 3 is 2.44 bits per heavy atom. The van der Waals surface area contributed by atoms with Gasteiger partial charge in [-0.1, -0.05) is 13.8 Å². The van der Waals surface area contributed by atoms with Crippen molar-refractivity contribution in [3.05, 3.63) is 6.92 Å². The minimum absolute atomic E-state index is 0.514. The molecule has 0 aromatic rings. The van der Waals surface area contributed by atoms with Gasteiger partial charge in [0.05, 0.1) is 4.58 Å². The maximum absolute atomic E-state index is 3.97. The number of thioether (sulfide) groups is 2. The maximum atomic E-state index is 3.97. The number of rotatable bonds is 4. The van der Waals surface area contributed by atoms with Crippen molar-refractivity contribution in [1.82, 2.24) is 0 Å². The van der Waals surface area contributed by atoms with E-state index >= 15 is 0 Å². The van der Waals surface area contributed by atoms with E-state index in [4.69, 9.17) is 0 Å². The zero-order valence-electron chi connectivity index (χ0n) is 6.39. The van der Waals surface area contributed by atoms with Gasteiger partial charge in [0.2, 0.25) is 0 Å². The molecule has 9 heavy (non-hydrogen) atoms. The Bertz CT molecular complexity index is 55.9. The molecule has 0 bridgehead atoms. The van der Waals surface area contributed by atoms with Gasteiger partial charge >= 0.3 is 0 Å². The van der Waals surface area contributed by atoms with Crippen LogP contribution in [0.1, 0.15) is 20.3 Å². The van der Waals surface area contributed by atoms with Gasteiger partial charge in [0, 0.05) is 5.25 Å². The highest BCUT2D eigenvalue weighted by atomic mass is 32.2. The van der Waals surface area contributed by atoms with E-state index in [-0.39, 0.29) is 0 Å². The third-order valence-electron chi connectivity index (χ3n) is 1.22. The molecule has 0 amide bonds. The fourth-order valence-electron chi connectivity index (χ4n) is 0.411. The Kier molecular flexibility index (Phi) is 5.91. The first-order valence-electron chi connectivity index (χ1n) is 3.22. The molecule has 0 aliphatic rings. The molecule has 0 aromatic carbocycles. The summed E-state index contributed by atoms with van der Waals surface area (Å²) in [5.41, 5.74) is 0. The zero-order valence-corrected chi connectivity index (χ0v) is 8.02. The van der Waals surface area contributed by atoms with Crippen molar-refractivity contribution in [1.29, 1.82) is 0 Å². The minimum Gasteiger partial charge on any atom is -0.151 e. The highest BCUT2D eigenvalue weighted by Gasteiger charge is 2.04. The predicted octanol–water partition coefficient (Wildman–Crippen LogP) is 3.04. The van der Waals surface area contributed by atoms with Crippen molar-refractivity contribution in [3.63, 3.8) is 0 Å². The van der Waals surface area contributed by atoms with Gasteiger partial charge in [0.25, 0.3) is 0 Å². The van der Waals surface area contributed by atoms with Crippen molar-refractivity contribution in [2.24, 2.45) is 0 Å². The molecule has 0 fully saturated rings. The van der Waals surface area contributed by atoms with Crippen LogP contribution >= 0.6 is 23.5 Å². The van der Waals surface area contributed by atoms with E-state index in [0.29, 0.717) is 4.58 Å². The maximum Gasteiger partial charge on any atom is 0.0503 e. The van der Waals surface area contributed by atoms with Gasteiger partial charge in [-0.25, -0.2) is 0 Å². The summed E-state index contributed by atoms with van der Waals surface area (Å²) in [5.74, 6) is 0. The molecule has 2 atom stereocenters. The fraction of sp³-hybridized carbons (Fsp3) is 0.857. The summed E-state index contributed by atoms with van der Waals surface area (Å²) >= 11 is 3.77. The summed E-state index contributed by atoms with van der Waals surface area (Å²) in [4.78, 5) is 0. The van der Waals surface area contributed by atoms with E-state index in [0.717, 1.165) is 5.25 Å². The molecule has 0 aliphatic heterocycles. The van der Waals surface area contributed by atoms with Gasteiger partial charge in [0.1, 0.15) is 0 Å². The SMILES string of the molecule is [CH2]C(SC)SC(C)CC. The molecule has 2 unspecified atom stereocenters. The Hall–Kier alpha value is 0.700. The van der Waals surface area contributed by atoms with Gasteiger partial charge in [-0.15, -0.1) is 11.8 Å². The largest absolute Gasteiger partial charge is 0.151 e. The van der Waals surface area contributed by atoms with E-state index in [2.05, 4.69) is 27.0 Å². The van der Waals surface area contributed by atoms with Crippen LogP contribution in [-0.4, -0.2) is 16.1 Å². The molecule has 55 valence electrons. The smallest absolute Gasteiger partial charge is 0.0503 e. The molecule has 0 aromatic heterocycles. The van der Waals surface area contributed by atoms with Crippen LogP contribution in [0.25, 0.3) is 0 Å². The van der Waals surface area contributed by atoms with Crippen LogP contribution in [0.15, 0.2) is 0 Å². The van der Waals surface area contributed by atoms with E-state index in [1.54, 1.807) is 0 Å². The first-order valence-corrected chi connectivity index (χ1v) is 5.45. The Morgan fingerprint density at radius 2 is 2.11 bits per heavy atom. The Balaban J connectivity index is 3.22. The summed E-state index contributed by atoms with van der Waals surface area (Å²) in [6.07, 6.45) is 3.35. The molecular formula is C7H15S2. The number of hydrogen-bond donors (Lipinski definition) is 0. The van der Waals surface area contributed by atoms with Crippen LogP contribution in [0, 0.1) is 6.92 Å². The minimum atomic E-state index is 0.514. The molecule has 2 heteroatoms. The molecule has 0 saturated carbocycles. The topological polar surface area (TPSA) is 0 Å². The fourth-order valence-corrected chi connectivity index (χ4v) is 2.14. The van der Waals surface area contributed by atoms with Gasteiger partial charge < -0.3 is 0 Å². The molecular weight excluding hydrogens is 148 g/mol. The summed E-state index contributed by atoms with van der Waals surface area (Å²) < 4.78 is 0.514. The summed E-state index contributed by atoms with van der Waals surface area (Å²) in [7, 11) is 0. The van der Waals surface area contributed by atoms with Crippen LogP contribution in [0.4, 0.5) is 0 Å². The van der Waals surface area contributed by atoms with Crippen molar-refractivity contribution in [2.45, 2.75) is 30.1 Å². The molecule has 0 aliphatic carbocycles. The molecule has 1 radical (unpaired) electrons. The molecule has 0 spiro atoms. The van der Waals surface area contributed by atoms with Crippen molar-refractivity contribution >= 4 is 23.5 Å². The quantitative estimate of drug-likeness (QED) is 0.584. The monoisotopic (exact) mass is 163 g/mol. The van der Waals surface area contributed by atoms with Gasteiger partial charge in [-0.3, -0.25) is 0 Å². The second-order valence-electron chi connectivity index (χ2n) is 2.02. The molecule has 0 nitrogen and oxygen atoms in total. The third kappa shape index (κ3) is 5.16. The second-order valence-corrected chi connectivity index (χ2v) is 5.00. The average Bonchev–Trinajstić information content (AvgIpc) is 1.87. The van der Waals surface area contributed by atoms with Gasteiger partial charge in [0.15, 0.2) is 0 Å². The van der Waals surface area contributed by atoms with Crippen LogP contribution < -0.4 is 0 Å². The summed E-state index contributed by atoms with van der Waals surface area (Å²) in [6.45, 7) is 8.43. The lowest BCUT2D eigenvalue weighted by Gasteiger charge is -2.12. The van der Waals surface area contributed by atoms with Crippen LogP contribution in [0.2, 0.25) is 0 Å². The predicted molar refractivity (Wildman–Crippen MR) is 50.0 cm³/mol. The molecule has 0 rings (SSSR count). The lowest BCUT2D eigenvalue weighted by molar-refractivity contribution is 0.906. The van der Waals surface area contributed by atoms with Gasteiger partial charge in [-0.05, 0) is 19.6 Å². The van der Waals surface area contributed by atoms with Crippen LogP contribution in [0.3, 0.4) is 0 Å². The molecule has 0 saturated heterocycles. The second kappa shape index (κ2) is 5.48. The zero-order chi connectivity index (χ0) is 7.28. The van der Waals surface area contributed by atoms with Crippen LogP contribution in [-0.2, 0) is 0 Å². The standard InChI is InChI=1S/C7H15S2/c1-5-6(2)9-7(3)8-4/h6-7H,3,5H2,1-2,4H3. The summed E-state index contributed by atoms with van der Waals surface area (Å²) in [6, 6.07) is 0. The van der Waals surface area contributed by atoms with Crippen molar-refractivity contribution in [2.75, 3.05) is 6.26 Å². The van der Waals surface area contributed by atoms with E-state index in [1.165, 1.54) is 6.42 Å². The highest BCUT2D eigenvalue weighted by molar-refractivity contribution is 8.17. The van der Waals surface area contributed by atoms with Crippen molar-refractivity contribution in [3.8, 4) is 0 Å². The highest BCUT2D eigenvalue weighted by Crippen LogP contribution is 2.25. The Morgan fingerprint density at radius 1 is 1.56 bits per heavy atom. The number of hydrogen-bond acceptors (Lipinski definition) is 2. The molecule has 0 N–H and O–H groups in total. The first-order chi connectivity index (χ1) is 4.20. The van der Waals surface area contributed by atoms with Crippen LogP contribution in [0.5, 0.6) is 0 Å². The van der Waals surface area contributed by atoms with Gasteiger partial charge in [-0.2, -0.15) is 11.8 Å². The average molecular weight is 163 g/mol. The lowest BCUT2D eigenvalue weighted by atomic mass is 10.4. The first kappa shape index (κ1) is 9.70. The normalized spacial score (nSPS) is 17.3. The lowest BCUT2D eigenvalue weighted by Crippen LogP contribution is -1.99. The Labute approximate surface area is 67.2 Å². The molecule has 0 heterocycles. The van der Waals surface area contributed by atoms with E-state index in [9.17, 15) is 0 Å². The summed E-state index contributed by atoms with van der Waals surface area (Å²) in [5, 5.41) is 0.764. The van der Waals surface area contributed by atoms with Crippen molar-refractivity contribution < 1.29 is 0 Å².